The minimum absolute atomic E-state index is 0.424. The molecule has 0 heterocycles. The molecule has 3 heteroatoms. The molecule has 0 fully saturated rings. The monoisotopic (exact) mass is 154 g/mol. The topological polar surface area (TPSA) is 34.1 Å². The first kappa shape index (κ1) is 7.28. The third-order valence-electron chi connectivity index (χ3n) is 1.15. The molecule has 1 aliphatic rings. The quantitative estimate of drug-likeness (QED) is 0.416. The second kappa shape index (κ2) is 2.84. The Labute approximate surface area is 63.0 Å². The summed E-state index contributed by atoms with van der Waals surface area (Å²) in [6.45, 7) is 0. The van der Waals surface area contributed by atoms with E-state index in [9.17, 15) is 9.59 Å². The summed E-state index contributed by atoms with van der Waals surface area (Å²) in [6.07, 6.45) is 6.16. The van der Waals surface area contributed by atoms with Gasteiger partial charge in [0.2, 0.25) is 11.6 Å². The molecule has 0 atom stereocenters. The van der Waals surface area contributed by atoms with Gasteiger partial charge in [0, 0.05) is 11.0 Å². The van der Waals surface area contributed by atoms with Crippen molar-refractivity contribution in [3.05, 3.63) is 23.1 Å². The largest absolute Gasteiger partial charge is 0.286 e. The second-order valence-corrected chi connectivity index (χ2v) is 2.69. The van der Waals surface area contributed by atoms with Crippen LogP contribution in [0.3, 0.4) is 0 Å². The van der Waals surface area contributed by atoms with E-state index >= 15 is 0 Å². The van der Waals surface area contributed by atoms with Gasteiger partial charge in [0.1, 0.15) is 0 Å². The van der Waals surface area contributed by atoms with E-state index in [-0.39, 0.29) is 0 Å². The molecule has 0 aromatic rings. The zero-order chi connectivity index (χ0) is 7.56. The van der Waals surface area contributed by atoms with Crippen LogP contribution in [0.2, 0.25) is 0 Å². The fourth-order valence-corrected chi connectivity index (χ4v) is 1.04. The van der Waals surface area contributed by atoms with Crippen LogP contribution in [0.4, 0.5) is 0 Å². The van der Waals surface area contributed by atoms with Crippen molar-refractivity contribution in [2.45, 2.75) is 0 Å². The molecule has 0 saturated heterocycles. The smallest absolute Gasteiger partial charge is 0.226 e. The van der Waals surface area contributed by atoms with Crippen molar-refractivity contribution in [1.29, 1.82) is 0 Å². The summed E-state index contributed by atoms with van der Waals surface area (Å²) in [5.74, 6) is -0.857. The first-order valence-electron chi connectivity index (χ1n) is 2.76. The summed E-state index contributed by atoms with van der Waals surface area (Å²) in [6, 6.07) is 0. The fraction of sp³-hybridized carbons (Fsp3) is 0.143. The van der Waals surface area contributed by atoms with Gasteiger partial charge in [-0.3, -0.25) is 9.59 Å². The average molecular weight is 154 g/mol. The summed E-state index contributed by atoms with van der Waals surface area (Å²) in [7, 11) is 0. The SMILES string of the molecule is CSC1=CC(=O)C(=O)C=C1. The Morgan fingerprint density at radius 3 is 2.40 bits per heavy atom. The Morgan fingerprint density at radius 2 is 1.90 bits per heavy atom. The Balaban J connectivity index is 2.86. The molecular formula is C7H6O2S. The lowest BCUT2D eigenvalue weighted by Gasteiger charge is -1.99. The molecule has 0 aromatic heterocycles. The number of thioether (sulfide) groups is 1. The molecule has 2 nitrogen and oxygen atoms in total. The van der Waals surface area contributed by atoms with E-state index in [4.69, 9.17) is 0 Å². The minimum atomic E-state index is -0.433. The van der Waals surface area contributed by atoms with E-state index in [0.717, 1.165) is 4.91 Å². The van der Waals surface area contributed by atoms with Gasteiger partial charge in [0.05, 0.1) is 0 Å². The highest BCUT2D eigenvalue weighted by atomic mass is 32.2. The Kier molecular flexibility index (Phi) is 2.06. The lowest BCUT2D eigenvalue weighted by molar-refractivity contribution is -0.131. The van der Waals surface area contributed by atoms with Crippen molar-refractivity contribution in [3.63, 3.8) is 0 Å². The summed E-state index contributed by atoms with van der Waals surface area (Å²) in [5, 5.41) is 0. The Morgan fingerprint density at radius 1 is 1.20 bits per heavy atom. The molecule has 1 rings (SSSR count). The molecule has 0 spiro atoms. The summed E-state index contributed by atoms with van der Waals surface area (Å²) in [4.78, 5) is 22.1. The van der Waals surface area contributed by atoms with Crippen LogP contribution >= 0.6 is 11.8 Å². The van der Waals surface area contributed by atoms with Crippen molar-refractivity contribution in [2.75, 3.05) is 6.26 Å². The molecular weight excluding hydrogens is 148 g/mol. The van der Waals surface area contributed by atoms with Crippen LogP contribution in [-0.2, 0) is 9.59 Å². The molecule has 0 bridgehead atoms. The Bertz CT molecular complexity index is 238. The van der Waals surface area contributed by atoms with Gasteiger partial charge in [-0.2, -0.15) is 0 Å². The van der Waals surface area contributed by atoms with E-state index in [1.807, 2.05) is 6.26 Å². The predicted molar refractivity (Wildman–Crippen MR) is 40.8 cm³/mol. The molecule has 0 aliphatic heterocycles. The Hall–Kier alpha value is -0.830. The number of rotatable bonds is 1. The highest BCUT2D eigenvalue weighted by Crippen LogP contribution is 2.15. The van der Waals surface area contributed by atoms with Crippen molar-refractivity contribution in [1.82, 2.24) is 0 Å². The minimum Gasteiger partial charge on any atom is -0.286 e. The molecule has 0 saturated carbocycles. The molecule has 52 valence electrons. The molecule has 0 N–H and O–H groups in total. The lowest BCUT2D eigenvalue weighted by Crippen LogP contribution is -2.10. The van der Waals surface area contributed by atoms with Crippen molar-refractivity contribution >= 4 is 23.3 Å². The first-order chi connectivity index (χ1) is 4.74. The van der Waals surface area contributed by atoms with Crippen LogP contribution in [0, 0.1) is 0 Å². The summed E-state index contributed by atoms with van der Waals surface area (Å²) < 4.78 is 0. The van der Waals surface area contributed by atoms with Gasteiger partial charge in [-0.05, 0) is 18.4 Å². The fourth-order valence-electron chi connectivity index (χ4n) is 0.615. The maximum absolute atomic E-state index is 10.7. The number of hydrogen-bond donors (Lipinski definition) is 0. The van der Waals surface area contributed by atoms with Crippen molar-refractivity contribution in [3.8, 4) is 0 Å². The third kappa shape index (κ3) is 1.36. The highest BCUT2D eigenvalue weighted by Gasteiger charge is 2.11. The van der Waals surface area contributed by atoms with E-state index in [2.05, 4.69) is 0 Å². The van der Waals surface area contributed by atoms with Crippen LogP contribution in [0.5, 0.6) is 0 Å². The van der Waals surface area contributed by atoms with Gasteiger partial charge >= 0.3 is 0 Å². The number of carbonyl (C=O) groups is 2. The zero-order valence-corrected chi connectivity index (χ0v) is 6.27. The van der Waals surface area contributed by atoms with Crippen molar-refractivity contribution in [2.24, 2.45) is 0 Å². The molecule has 0 amide bonds. The van der Waals surface area contributed by atoms with Gasteiger partial charge < -0.3 is 0 Å². The predicted octanol–water partition coefficient (Wildman–Crippen LogP) is 0.941. The average Bonchev–Trinajstić information content (AvgIpc) is 1.95. The van der Waals surface area contributed by atoms with E-state index in [0.29, 0.717) is 0 Å². The summed E-state index contributed by atoms with van der Waals surface area (Å²) in [5.41, 5.74) is 0. The van der Waals surface area contributed by atoms with Crippen LogP contribution in [0.1, 0.15) is 0 Å². The standard InChI is InChI=1S/C7H6O2S/c1-10-5-2-3-6(8)7(9)4-5/h2-4H,1H3. The number of hydrogen-bond acceptors (Lipinski definition) is 3. The molecule has 0 unspecified atom stereocenters. The maximum Gasteiger partial charge on any atom is 0.226 e. The van der Waals surface area contributed by atoms with Crippen LogP contribution < -0.4 is 0 Å². The lowest BCUT2D eigenvalue weighted by atomic mass is 10.1. The maximum atomic E-state index is 10.7. The van der Waals surface area contributed by atoms with Crippen LogP contribution in [0.15, 0.2) is 23.1 Å². The van der Waals surface area contributed by atoms with Gasteiger partial charge in [-0.25, -0.2) is 0 Å². The molecule has 10 heavy (non-hydrogen) atoms. The normalized spacial score (nSPS) is 17.5. The van der Waals surface area contributed by atoms with Gasteiger partial charge in [-0.1, -0.05) is 0 Å². The van der Waals surface area contributed by atoms with Crippen LogP contribution in [0.25, 0.3) is 0 Å². The van der Waals surface area contributed by atoms with E-state index in [1.54, 1.807) is 6.08 Å². The number of carbonyl (C=O) groups excluding carboxylic acids is 2. The number of allylic oxidation sites excluding steroid dienone is 3. The molecule has 1 aliphatic carbocycles. The summed E-state index contributed by atoms with van der Waals surface area (Å²) >= 11 is 1.45. The zero-order valence-electron chi connectivity index (χ0n) is 5.46. The van der Waals surface area contributed by atoms with Gasteiger partial charge in [-0.15, -0.1) is 11.8 Å². The van der Waals surface area contributed by atoms with Crippen molar-refractivity contribution < 1.29 is 9.59 Å². The molecule has 0 aromatic carbocycles. The third-order valence-corrected chi connectivity index (χ3v) is 1.88. The highest BCUT2D eigenvalue weighted by molar-refractivity contribution is 8.02. The second-order valence-electron chi connectivity index (χ2n) is 1.81. The van der Waals surface area contributed by atoms with E-state index in [1.165, 1.54) is 23.9 Å². The van der Waals surface area contributed by atoms with Gasteiger partial charge in [0.25, 0.3) is 0 Å². The van der Waals surface area contributed by atoms with Gasteiger partial charge in [0.15, 0.2) is 0 Å². The molecule has 0 radical (unpaired) electrons. The van der Waals surface area contributed by atoms with Crippen LogP contribution in [-0.4, -0.2) is 17.8 Å². The first-order valence-corrected chi connectivity index (χ1v) is 3.98. The number of ketones is 2. The van der Waals surface area contributed by atoms with E-state index < -0.39 is 11.6 Å².